The molecule has 0 fully saturated rings. The van der Waals surface area contributed by atoms with Gasteiger partial charge in [-0.15, -0.1) is 6.58 Å². The smallest absolute Gasteiger partial charge is 0.0107 e. The predicted octanol–water partition coefficient (Wildman–Crippen LogP) is 5.04. The first-order valence-electron chi connectivity index (χ1n) is 8.16. The molecule has 20 heavy (non-hydrogen) atoms. The minimum absolute atomic E-state index is 0.625. The van der Waals surface area contributed by atoms with Gasteiger partial charge in [0.2, 0.25) is 0 Å². The van der Waals surface area contributed by atoms with Gasteiger partial charge in [0.05, 0.1) is 0 Å². The Morgan fingerprint density at radius 2 is 2.10 bits per heavy atom. The van der Waals surface area contributed by atoms with E-state index in [9.17, 15) is 0 Å². The standard InChI is InChI=1S/C19H31N/c1-4-6-7-8-9-13-19(20-14-5-2)16-18-12-10-11-17(3)15-18/h4,10-12,15,19-20H,1,5-9,13-14,16H2,2-3H3. The number of aryl methyl sites for hydroxylation is 1. The molecule has 0 radical (unpaired) electrons. The summed E-state index contributed by atoms with van der Waals surface area (Å²) in [4.78, 5) is 0. The zero-order valence-corrected chi connectivity index (χ0v) is 13.3. The quantitative estimate of drug-likeness (QED) is 0.440. The van der Waals surface area contributed by atoms with Crippen molar-refractivity contribution >= 4 is 0 Å². The van der Waals surface area contributed by atoms with E-state index in [2.05, 4.69) is 50.0 Å². The largest absolute Gasteiger partial charge is 0.314 e. The van der Waals surface area contributed by atoms with Crippen molar-refractivity contribution < 1.29 is 0 Å². The molecule has 0 bridgehead atoms. The summed E-state index contributed by atoms with van der Waals surface area (Å²) in [5.41, 5.74) is 2.83. The molecule has 1 heteroatoms. The maximum atomic E-state index is 3.79. The monoisotopic (exact) mass is 273 g/mol. The van der Waals surface area contributed by atoms with Gasteiger partial charge in [0.1, 0.15) is 0 Å². The fourth-order valence-corrected chi connectivity index (χ4v) is 2.60. The average Bonchev–Trinajstić information content (AvgIpc) is 2.44. The SMILES string of the molecule is C=CCCCCCC(Cc1cccc(C)c1)NCCC. The molecule has 0 aromatic heterocycles. The molecule has 0 aliphatic heterocycles. The van der Waals surface area contributed by atoms with Gasteiger partial charge in [-0.25, -0.2) is 0 Å². The van der Waals surface area contributed by atoms with Crippen LogP contribution in [0.3, 0.4) is 0 Å². The Morgan fingerprint density at radius 3 is 2.80 bits per heavy atom. The van der Waals surface area contributed by atoms with Crippen molar-refractivity contribution in [3.8, 4) is 0 Å². The Balaban J connectivity index is 2.40. The van der Waals surface area contributed by atoms with E-state index in [1.165, 1.54) is 43.2 Å². The van der Waals surface area contributed by atoms with Crippen LogP contribution in [0.25, 0.3) is 0 Å². The summed E-state index contributed by atoms with van der Waals surface area (Å²) in [7, 11) is 0. The third-order valence-electron chi connectivity index (χ3n) is 3.71. The highest BCUT2D eigenvalue weighted by Crippen LogP contribution is 2.12. The van der Waals surface area contributed by atoms with E-state index in [4.69, 9.17) is 0 Å². The molecule has 0 saturated carbocycles. The molecule has 1 N–H and O–H groups in total. The van der Waals surface area contributed by atoms with Crippen LogP contribution in [0.4, 0.5) is 0 Å². The molecule has 1 nitrogen and oxygen atoms in total. The predicted molar refractivity (Wildman–Crippen MR) is 90.2 cm³/mol. The maximum absolute atomic E-state index is 3.79. The van der Waals surface area contributed by atoms with E-state index < -0.39 is 0 Å². The summed E-state index contributed by atoms with van der Waals surface area (Å²) < 4.78 is 0. The lowest BCUT2D eigenvalue weighted by Gasteiger charge is -2.19. The molecule has 0 spiro atoms. The molecule has 1 atom stereocenters. The van der Waals surface area contributed by atoms with Gasteiger partial charge in [-0.05, 0) is 51.1 Å². The van der Waals surface area contributed by atoms with Crippen LogP contribution in [0.15, 0.2) is 36.9 Å². The lowest BCUT2D eigenvalue weighted by atomic mass is 9.99. The van der Waals surface area contributed by atoms with E-state index >= 15 is 0 Å². The van der Waals surface area contributed by atoms with Crippen molar-refractivity contribution in [3.05, 3.63) is 48.0 Å². The van der Waals surface area contributed by atoms with Crippen molar-refractivity contribution in [3.63, 3.8) is 0 Å². The molecule has 112 valence electrons. The molecular formula is C19H31N. The van der Waals surface area contributed by atoms with E-state index in [1.54, 1.807) is 0 Å². The summed E-state index contributed by atoms with van der Waals surface area (Å²) >= 11 is 0. The zero-order valence-electron chi connectivity index (χ0n) is 13.3. The molecule has 1 rings (SSSR count). The molecule has 0 amide bonds. The number of hydrogen-bond donors (Lipinski definition) is 1. The van der Waals surface area contributed by atoms with Gasteiger partial charge in [0, 0.05) is 6.04 Å². The number of allylic oxidation sites excluding steroid dienone is 1. The Morgan fingerprint density at radius 1 is 1.25 bits per heavy atom. The molecule has 0 heterocycles. The second kappa shape index (κ2) is 10.7. The van der Waals surface area contributed by atoms with Crippen LogP contribution in [0.1, 0.15) is 56.6 Å². The summed E-state index contributed by atoms with van der Waals surface area (Å²) in [6.07, 6.45) is 10.8. The van der Waals surface area contributed by atoms with Crippen LogP contribution in [0.5, 0.6) is 0 Å². The van der Waals surface area contributed by atoms with Gasteiger partial charge in [-0.2, -0.15) is 0 Å². The van der Waals surface area contributed by atoms with Gasteiger partial charge in [0.15, 0.2) is 0 Å². The second-order valence-electron chi connectivity index (χ2n) is 5.77. The Hall–Kier alpha value is -1.08. The summed E-state index contributed by atoms with van der Waals surface area (Å²) in [5.74, 6) is 0. The summed E-state index contributed by atoms with van der Waals surface area (Å²) in [5, 5.41) is 3.71. The fourth-order valence-electron chi connectivity index (χ4n) is 2.60. The highest BCUT2D eigenvalue weighted by molar-refractivity contribution is 5.22. The molecule has 1 aromatic carbocycles. The number of nitrogens with one attached hydrogen (secondary N) is 1. The molecule has 0 aliphatic rings. The minimum Gasteiger partial charge on any atom is -0.314 e. The summed E-state index contributed by atoms with van der Waals surface area (Å²) in [6, 6.07) is 9.54. The van der Waals surface area contributed by atoms with Crippen LogP contribution < -0.4 is 5.32 Å². The zero-order chi connectivity index (χ0) is 14.6. The van der Waals surface area contributed by atoms with Crippen molar-refractivity contribution in [1.82, 2.24) is 5.32 Å². The topological polar surface area (TPSA) is 12.0 Å². The normalized spacial score (nSPS) is 12.3. The highest BCUT2D eigenvalue weighted by Gasteiger charge is 2.08. The van der Waals surface area contributed by atoms with Crippen molar-refractivity contribution in [2.24, 2.45) is 0 Å². The van der Waals surface area contributed by atoms with Crippen molar-refractivity contribution in [2.45, 2.75) is 64.8 Å². The number of unbranched alkanes of at least 4 members (excludes halogenated alkanes) is 3. The van der Waals surface area contributed by atoms with Crippen LogP contribution in [-0.4, -0.2) is 12.6 Å². The van der Waals surface area contributed by atoms with Crippen molar-refractivity contribution in [2.75, 3.05) is 6.54 Å². The van der Waals surface area contributed by atoms with Gasteiger partial charge in [0.25, 0.3) is 0 Å². The van der Waals surface area contributed by atoms with Gasteiger partial charge >= 0.3 is 0 Å². The third kappa shape index (κ3) is 7.49. The maximum Gasteiger partial charge on any atom is 0.0107 e. The lowest BCUT2D eigenvalue weighted by molar-refractivity contribution is 0.454. The molecule has 1 aromatic rings. The first-order valence-corrected chi connectivity index (χ1v) is 8.16. The first-order chi connectivity index (χ1) is 9.76. The summed E-state index contributed by atoms with van der Waals surface area (Å²) in [6.45, 7) is 9.32. The Labute approximate surface area is 125 Å². The van der Waals surface area contributed by atoms with E-state index in [0.29, 0.717) is 6.04 Å². The van der Waals surface area contributed by atoms with Crippen LogP contribution >= 0.6 is 0 Å². The van der Waals surface area contributed by atoms with Gasteiger partial charge in [-0.1, -0.05) is 55.7 Å². The third-order valence-corrected chi connectivity index (χ3v) is 3.71. The van der Waals surface area contributed by atoms with E-state index in [0.717, 1.165) is 19.4 Å². The lowest BCUT2D eigenvalue weighted by Crippen LogP contribution is -2.31. The van der Waals surface area contributed by atoms with Crippen LogP contribution in [0, 0.1) is 6.92 Å². The van der Waals surface area contributed by atoms with Gasteiger partial charge < -0.3 is 5.32 Å². The number of benzene rings is 1. The van der Waals surface area contributed by atoms with E-state index in [1.807, 2.05) is 6.08 Å². The molecule has 0 saturated heterocycles. The average molecular weight is 273 g/mol. The molecule has 0 aliphatic carbocycles. The minimum atomic E-state index is 0.625. The number of rotatable bonds is 11. The first kappa shape index (κ1) is 17.0. The second-order valence-corrected chi connectivity index (χ2v) is 5.77. The Kier molecular flexibility index (Phi) is 9.06. The molecule has 1 unspecified atom stereocenters. The van der Waals surface area contributed by atoms with Crippen LogP contribution in [0.2, 0.25) is 0 Å². The number of hydrogen-bond acceptors (Lipinski definition) is 1. The van der Waals surface area contributed by atoms with Crippen LogP contribution in [-0.2, 0) is 6.42 Å². The highest BCUT2D eigenvalue weighted by atomic mass is 14.9. The van der Waals surface area contributed by atoms with E-state index in [-0.39, 0.29) is 0 Å². The molecular weight excluding hydrogens is 242 g/mol. The van der Waals surface area contributed by atoms with Gasteiger partial charge in [-0.3, -0.25) is 0 Å². The Bertz CT molecular complexity index is 370. The fraction of sp³-hybridized carbons (Fsp3) is 0.579. The van der Waals surface area contributed by atoms with Crippen molar-refractivity contribution in [1.29, 1.82) is 0 Å².